The number of aryl methyl sites for hydroxylation is 1. The number of benzene rings is 1. The van der Waals surface area contributed by atoms with E-state index in [2.05, 4.69) is 21.2 Å². The van der Waals surface area contributed by atoms with Gasteiger partial charge < -0.3 is 10.4 Å². The molecule has 0 aliphatic carbocycles. The molecule has 0 unspecified atom stereocenters. The first kappa shape index (κ1) is 15.7. The van der Waals surface area contributed by atoms with Crippen LogP contribution in [0.25, 0.3) is 0 Å². The number of carboxylic acid groups (broad SMARTS) is 1. The van der Waals surface area contributed by atoms with E-state index in [1.165, 1.54) is 0 Å². The molecular weight excluding hydrogens is 310 g/mol. The van der Waals surface area contributed by atoms with Crippen LogP contribution in [0.5, 0.6) is 0 Å². The average molecular weight is 328 g/mol. The van der Waals surface area contributed by atoms with E-state index >= 15 is 0 Å². The minimum atomic E-state index is -0.860. The molecule has 0 spiro atoms. The van der Waals surface area contributed by atoms with Crippen molar-refractivity contribution in [1.82, 2.24) is 5.32 Å². The van der Waals surface area contributed by atoms with Gasteiger partial charge >= 0.3 is 5.97 Å². The summed E-state index contributed by atoms with van der Waals surface area (Å²) in [4.78, 5) is 22.8. The first-order valence-corrected chi connectivity index (χ1v) is 6.81. The van der Waals surface area contributed by atoms with Gasteiger partial charge in [0.05, 0.1) is 5.41 Å². The summed E-state index contributed by atoms with van der Waals surface area (Å²) in [6.45, 7) is 5.54. The van der Waals surface area contributed by atoms with Gasteiger partial charge in [0.25, 0.3) is 5.91 Å². The van der Waals surface area contributed by atoms with Crippen molar-refractivity contribution in [3.05, 3.63) is 33.8 Å². The minimum Gasteiger partial charge on any atom is -0.481 e. The summed E-state index contributed by atoms with van der Waals surface area (Å²) in [5, 5.41) is 11.7. The topological polar surface area (TPSA) is 66.4 Å². The molecule has 1 aromatic rings. The zero-order valence-corrected chi connectivity index (χ0v) is 12.9. The van der Waals surface area contributed by atoms with Gasteiger partial charge in [-0.25, -0.2) is 0 Å². The maximum absolute atomic E-state index is 11.9. The van der Waals surface area contributed by atoms with Crippen LogP contribution in [0, 0.1) is 12.3 Å². The Bertz CT molecular complexity index is 497. The Morgan fingerprint density at radius 1 is 1.37 bits per heavy atom. The molecule has 19 heavy (non-hydrogen) atoms. The molecule has 0 heterocycles. The Kier molecular flexibility index (Phi) is 5.11. The first-order valence-electron chi connectivity index (χ1n) is 6.02. The van der Waals surface area contributed by atoms with E-state index in [9.17, 15) is 9.59 Å². The predicted octanol–water partition coefficient (Wildman–Crippen LogP) is 2.99. The fourth-order valence-electron chi connectivity index (χ4n) is 1.48. The zero-order valence-electron chi connectivity index (χ0n) is 11.3. The Labute approximate surface area is 121 Å². The number of aliphatic carboxylic acids is 1. The molecule has 0 atom stereocenters. The molecule has 0 radical (unpaired) electrons. The number of nitrogens with one attached hydrogen (secondary N) is 1. The van der Waals surface area contributed by atoms with Gasteiger partial charge in [0.1, 0.15) is 0 Å². The van der Waals surface area contributed by atoms with Gasteiger partial charge in [-0.15, -0.1) is 0 Å². The Morgan fingerprint density at radius 2 is 2.00 bits per heavy atom. The SMILES string of the molecule is Cc1cc(C(=O)NCCC(C)(C)C(=O)O)ccc1Br. The van der Waals surface area contributed by atoms with Crippen LogP contribution in [0.4, 0.5) is 0 Å². The highest BCUT2D eigenvalue weighted by Crippen LogP contribution is 2.20. The summed E-state index contributed by atoms with van der Waals surface area (Å²) < 4.78 is 0.955. The number of carboxylic acids is 1. The van der Waals surface area contributed by atoms with Crippen molar-refractivity contribution in [3.8, 4) is 0 Å². The summed E-state index contributed by atoms with van der Waals surface area (Å²) in [7, 11) is 0. The van der Waals surface area contributed by atoms with Crippen molar-refractivity contribution in [2.75, 3.05) is 6.54 Å². The molecule has 1 rings (SSSR count). The molecule has 0 aromatic heterocycles. The van der Waals surface area contributed by atoms with Crippen molar-refractivity contribution in [2.24, 2.45) is 5.41 Å². The molecule has 1 amide bonds. The standard InChI is InChI=1S/C14H18BrNO3/c1-9-8-10(4-5-11(9)15)12(17)16-7-6-14(2,3)13(18)19/h4-5,8H,6-7H2,1-3H3,(H,16,17)(H,18,19). The third kappa shape index (κ3) is 4.35. The normalized spacial score (nSPS) is 11.2. The molecule has 2 N–H and O–H groups in total. The van der Waals surface area contributed by atoms with Crippen LogP contribution in [0.15, 0.2) is 22.7 Å². The minimum absolute atomic E-state index is 0.184. The number of halogens is 1. The molecule has 0 fully saturated rings. The van der Waals surface area contributed by atoms with Gasteiger partial charge in [-0.2, -0.15) is 0 Å². The maximum atomic E-state index is 11.9. The van der Waals surface area contributed by atoms with Gasteiger partial charge in [-0.05, 0) is 51.0 Å². The number of carbonyl (C=O) groups excluding carboxylic acids is 1. The summed E-state index contributed by atoms with van der Waals surface area (Å²) in [5.41, 5.74) is 0.732. The first-order chi connectivity index (χ1) is 8.74. The molecule has 1 aromatic carbocycles. The van der Waals surface area contributed by atoms with E-state index in [1.54, 1.807) is 26.0 Å². The number of amides is 1. The highest BCUT2D eigenvalue weighted by Gasteiger charge is 2.26. The highest BCUT2D eigenvalue weighted by molar-refractivity contribution is 9.10. The van der Waals surface area contributed by atoms with Crippen LogP contribution < -0.4 is 5.32 Å². The third-order valence-corrected chi connectivity index (χ3v) is 3.92. The van der Waals surface area contributed by atoms with Crippen molar-refractivity contribution in [2.45, 2.75) is 27.2 Å². The van der Waals surface area contributed by atoms with Crippen molar-refractivity contribution >= 4 is 27.8 Å². The lowest BCUT2D eigenvalue weighted by atomic mass is 9.90. The van der Waals surface area contributed by atoms with Crippen molar-refractivity contribution < 1.29 is 14.7 Å². The smallest absolute Gasteiger partial charge is 0.309 e. The molecule has 0 bridgehead atoms. The summed E-state index contributed by atoms with van der Waals surface area (Å²) in [6.07, 6.45) is 0.392. The monoisotopic (exact) mass is 327 g/mol. The summed E-state index contributed by atoms with van der Waals surface area (Å²) in [6, 6.07) is 5.35. The second kappa shape index (κ2) is 6.19. The predicted molar refractivity (Wildman–Crippen MR) is 77.2 cm³/mol. The molecular formula is C14H18BrNO3. The van der Waals surface area contributed by atoms with Crippen molar-refractivity contribution in [1.29, 1.82) is 0 Å². The molecule has 5 heteroatoms. The van der Waals surface area contributed by atoms with Crippen LogP contribution in [0.2, 0.25) is 0 Å². The van der Waals surface area contributed by atoms with E-state index in [0.717, 1.165) is 10.0 Å². The quantitative estimate of drug-likeness (QED) is 0.873. The van der Waals surface area contributed by atoms with E-state index < -0.39 is 11.4 Å². The highest BCUT2D eigenvalue weighted by atomic mass is 79.9. The van der Waals surface area contributed by atoms with Gasteiger partial charge in [-0.3, -0.25) is 9.59 Å². The van der Waals surface area contributed by atoms with Crippen molar-refractivity contribution in [3.63, 3.8) is 0 Å². The zero-order chi connectivity index (χ0) is 14.6. The largest absolute Gasteiger partial charge is 0.481 e. The third-order valence-electron chi connectivity index (χ3n) is 3.03. The van der Waals surface area contributed by atoms with Crippen LogP contribution in [-0.4, -0.2) is 23.5 Å². The Morgan fingerprint density at radius 3 is 2.53 bits per heavy atom. The second-order valence-electron chi connectivity index (χ2n) is 5.16. The van der Waals surface area contributed by atoms with E-state index in [1.807, 2.05) is 13.0 Å². The lowest BCUT2D eigenvalue weighted by molar-refractivity contribution is -0.147. The van der Waals surface area contributed by atoms with Crippen LogP contribution in [0.3, 0.4) is 0 Å². The van der Waals surface area contributed by atoms with E-state index in [-0.39, 0.29) is 5.91 Å². The number of rotatable bonds is 5. The van der Waals surface area contributed by atoms with Crippen LogP contribution >= 0.6 is 15.9 Å². The summed E-state index contributed by atoms with van der Waals surface area (Å²) in [5.74, 6) is -1.04. The fourth-order valence-corrected chi connectivity index (χ4v) is 1.73. The number of carbonyl (C=O) groups is 2. The molecule has 0 aliphatic rings. The lowest BCUT2D eigenvalue weighted by Crippen LogP contribution is -2.31. The fraction of sp³-hybridized carbons (Fsp3) is 0.429. The molecule has 0 saturated carbocycles. The number of hydrogen-bond acceptors (Lipinski definition) is 2. The van der Waals surface area contributed by atoms with Crippen LogP contribution in [0.1, 0.15) is 36.2 Å². The molecule has 4 nitrogen and oxygen atoms in total. The average Bonchev–Trinajstić information content (AvgIpc) is 2.32. The lowest BCUT2D eigenvalue weighted by Gasteiger charge is -2.18. The maximum Gasteiger partial charge on any atom is 0.309 e. The Balaban J connectivity index is 2.57. The van der Waals surface area contributed by atoms with Gasteiger partial charge in [0.15, 0.2) is 0 Å². The summed E-state index contributed by atoms with van der Waals surface area (Å²) >= 11 is 3.38. The van der Waals surface area contributed by atoms with Gasteiger partial charge in [0.2, 0.25) is 0 Å². The van der Waals surface area contributed by atoms with Crippen LogP contribution in [-0.2, 0) is 4.79 Å². The molecule has 104 valence electrons. The van der Waals surface area contributed by atoms with Gasteiger partial charge in [0, 0.05) is 16.6 Å². The van der Waals surface area contributed by atoms with Gasteiger partial charge in [-0.1, -0.05) is 15.9 Å². The van der Waals surface area contributed by atoms with E-state index in [4.69, 9.17) is 5.11 Å². The second-order valence-corrected chi connectivity index (χ2v) is 6.01. The Hall–Kier alpha value is -1.36. The number of hydrogen-bond donors (Lipinski definition) is 2. The molecule has 0 aliphatic heterocycles. The molecule has 0 saturated heterocycles. The van der Waals surface area contributed by atoms with E-state index in [0.29, 0.717) is 18.5 Å².